The summed E-state index contributed by atoms with van der Waals surface area (Å²) in [5, 5.41) is 17.5. The van der Waals surface area contributed by atoms with Gasteiger partial charge in [-0.05, 0) is 6.42 Å². The molecule has 1 aromatic rings. The van der Waals surface area contributed by atoms with Crippen molar-refractivity contribution in [2.75, 3.05) is 7.05 Å². The maximum Gasteiger partial charge on any atom is 0.326 e. The summed E-state index contributed by atoms with van der Waals surface area (Å²) in [5.41, 5.74) is 4.95. The molecule has 0 aliphatic carbocycles. The second-order valence-corrected chi connectivity index (χ2v) is 4.13. The number of H-pyrrole nitrogens is 1. The normalized spacial score (nSPS) is 11.7. The fourth-order valence-corrected chi connectivity index (χ4v) is 1.41. The maximum absolute atomic E-state index is 11.8. The van der Waals surface area contributed by atoms with Crippen LogP contribution in [0.15, 0.2) is 6.33 Å². The number of carboxylic acids is 1. The molecule has 1 rings (SSSR count). The van der Waals surface area contributed by atoms with Crippen LogP contribution in [0, 0.1) is 0 Å². The first kappa shape index (κ1) is 15.4. The third-order valence-corrected chi connectivity index (χ3v) is 2.47. The molecule has 0 saturated carbocycles. The number of rotatable bonds is 7. The molecular formula is C10H16N6O4. The summed E-state index contributed by atoms with van der Waals surface area (Å²) < 4.78 is 0. The van der Waals surface area contributed by atoms with E-state index in [1.165, 1.54) is 18.3 Å². The number of aromatic amines is 1. The minimum Gasteiger partial charge on any atom is -0.480 e. The summed E-state index contributed by atoms with van der Waals surface area (Å²) in [6.45, 7) is 0.147. The molecule has 0 saturated heterocycles. The first-order valence-corrected chi connectivity index (χ1v) is 5.77. The van der Waals surface area contributed by atoms with Gasteiger partial charge >= 0.3 is 12.0 Å². The van der Waals surface area contributed by atoms with Crippen LogP contribution in [0.3, 0.4) is 0 Å². The molecule has 5 N–H and O–H groups in total. The van der Waals surface area contributed by atoms with E-state index in [-0.39, 0.29) is 19.4 Å². The van der Waals surface area contributed by atoms with Gasteiger partial charge in [-0.2, -0.15) is 5.10 Å². The van der Waals surface area contributed by atoms with Crippen molar-refractivity contribution < 1.29 is 19.5 Å². The highest BCUT2D eigenvalue weighted by Gasteiger charge is 2.22. The summed E-state index contributed by atoms with van der Waals surface area (Å²) in [6.07, 6.45) is 1.11. The molecule has 0 radical (unpaired) electrons. The molecule has 10 heteroatoms. The molecule has 1 atom stereocenters. The van der Waals surface area contributed by atoms with Crippen molar-refractivity contribution in [2.24, 2.45) is 5.73 Å². The molecule has 20 heavy (non-hydrogen) atoms. The van der Waals surface area contributed by atoms with Crippen molar-refractivity contribution in [3.8, 4) is 0 Å². The van der Waals surface area contributed by atoms with E-state index in [0.29, 0.717) is 5.82 Å². The van der Waals surface area contributed by atoms with Gasteiger partial charge < -0.3 is 21.1 Å². The van der Waals surface area contributed by atoms with Crippen molar-refractivity contribution in [2.45, 2.75) is 25.4 Å². The van der Waals surface area contributed by atoms with Gasteiger partial charge in [-0.25, -0.2) is 14.6 Å². The average molecular weight is 284 g/mol. The predicted molar refractivity (Wildman–Crippen MR) is 66.2 cm³/mol. The molecule has 0 bridgehead atoms. The summed E-state index contributed by atoms with van der Waals surface area (Å²) in [7, 11) is 1.48. The minimum absolute atomic E-state index is 0.0629. The Morgan fingerprint density at radius 3 is 2.75 bits per heavy atom. The summed E-state index contributed by atoms with van der Waals surface area (Å²) in [6, 6.07) is -1.77. The fourth-order valence-electron chi connectivity index (χ4n) is 1.41. The van der Waals surface area contributed by atoms with Crippen LogP contribution in [-0.2, 0) is 16.1 Å². The SMILES string of the molecule is CN(Cc1ncn[nH]1)C(=O)N[C@@H](CCC(N)=O)C(=O)O. The van der Waals surface area contributed by atoms with E-state index in [0.717, 1.165) is 0 Å². The highest BCUT2D eigenvalue weighted by molar-refractivity contribution is 5.83. The van der Waals surface area contributed by atoms with E-state index < -0.39 is 23.9 Å². The maximum atomic E-state index is 11.8. The summed E-state index contributed by atoms with van der Waals surface area (Å²) in [4.78, 5) is 38.5. The molecule has 0 aliphatic heterocycles. The standard InChI is InChI=1S/C10H16N6O4/c1-16(4-8-12-5-13-15-8)10(20)14-6(9(18)19)2-3-7(11)17/h5-6H,2-4H2,1H3,(H2,11,17)(H,14,20)(H,18,19)(H,12,13,15)/t6-/m0/s1. The predicted octanol–water partition coefficient (Wildman–Crippen LogP) is -1.34. The third-order valence-electron chi connectivity index (χ3n) is 2.47. The van der Waals surface area contributed by atoms with Crippen LogP contribution in [0.4, 0.5) is 4.79 Å². The van der Waals surface area contributed by atoms with Crippen LogP contribution in [-0.4, -0.2) is 56.2 Å². The summed E-state index contributed by atoms with van der Waals surface area (Å²) >= 11 is 0. The van der Waals surface area contributed by atoms with E-state index in [2.05, 4.69) is 20.5 Å². The zero-order valence-electron chi connectivity index (χ0n) is 10.9. The number of urea groups is 1. The molecule has 0 spiro atoms. The molecule has 0 unspecified atom stereocenters. The number of hydrogen-bond acceptors (Lipinski definition) is 5. The van der Waals surface area contributed by atoms with Crippen molar-refractivity contribution in [1.82, 2.24) is 25.4 Å². The van der Waals surface area contributed by atoms with Gasteiger partial charge in [0.25, 0.3) is 0 Å². The van der Waals surface area contributed by atoms with E-state index >= 15 is 0 Å². The van der Waals surface area contributed by atoms with Crippen LogP contribution in [0.2, 0.25) is 0 Å². The number of hydrogen-bond donors (Lipinski definition) is 4. The second kappa shape index (κ2) is 7.07. The molecule has 1 aromatic heterocycles. The van der Waals surface area contributed by atoms with Crippen LogP contribution < -0.4 is 11.1 Å². The van der Waals surface area contributed by atoms with Gasteiger partial charge in [-0.1, -0.05) is 0 Å². The van der Waals surface area contributed by atoms with Crippen molar-refractivity contribution in [1.29, 1.82) is 0 Å². The lowest BCUT2D eigenvalue weighted by Gasteiger charge is -2.20. The van der Waals surface area contributed by atoms with E-state index in [1.54, 1.807) is 0 Å². The number of aromatic nitrogens is 3. The van der Waals surface area contributed by atoms with Gasteiger partial charge in [0.2, 0.25) is 5.91 Å². The lowest BCUT2D eigenvalue weighted by Crippen LogP contribution is -2.46. The van der Waals surface area contributed by atoms with Gasteiger partial charge in [-0.15, -0.1) is 0 Å². The number of aliphatic carboxylic acids is 1. The molecule has 1 heterocycles. The smallest absolute Gasteiger partial charge is 0.326 e. The van der Waals surface area contributed by atoms with Gasteiger partial charge in [0, 0.05) is 13.5 Å². The van der Waals surface area contributed by atoms with Gasteiger partial charge in [0.1, 0.15) is 18.2 Å². The Morgan fingerprint density at radius 1 is 1.55 bits per heavy atom. The number of primary amides is 1. The Labute approximate surface area is 114 Å². The number of carbonyl (C=O) groups is 3. The number of carbonyl (C=O) groups excluding carboxylic acids is 2. The highest BCUT2D eigenvalue weighted by Crippen LogP contribution is 2.00. The largest absolute Gasteiger partial charge is 0.480 e. The molecule has 0 aromatic carbocycles. The van der Waals surface area contributed by atoms with Crippen LogP contribution in [0.1, 0.15) is 18.7 Å². The average Bonchev–Trinajstić information content (AvgIpc) is 2.86. The van der Waals surface area contributed by atoms with Crippen molar-refractivity contribution in [3.05, 3.63) is 12.2 Å². The molecule has 10 nitrogen and oxygen atoms in total. The van der Waals surface area contributed by atoms with Crippen LogP contribution >= 0.6 is 0 Å². The monoisotopic (exact) mass is 284 g/mol. The number of nitrogens with one attached hydrogen (secondary N) is 2. The lowest BCUT2D eigenvalue weighted by atomic mass is 10.1. The van der Waals surface area contributed by atoms with Crippen LogP contribution in [0.5, 0.6) is 0 Å². The lowest BCUT2D eigenvalue weighted by molar-refractivity contribution is -0.139. The number of carboxylic acid groups (broad SMARTS) is 1. The molecular weight excluding hydrogens is 268 g/mol. The third kappa shape index (κ3) is 4.92. The zero-order valence-corrected chi connectivity index (χ0v) is 10.9. The molecule has 0 fully saturated rings. The molecule has 0 aliphatic rings. The second-order valence-electron chi connectivity index (χ2n) is 4.13. The van der Waals surface area contributed by atoms with E-state index in [1.807, 2.05) is 0 Å². The number of nitrogens with zero attached hydrogens (tertiary/aromatic N) is 3. The number of amides is 3. The Kier molecular flexibility index (Phi) is 5.44. The first-order chi connectivity index (χ1) is 9.40. The topological polar surface area (TPSA) is 154 Å². The first-order valence-electron chi connectivity index (χ1n) is 5.77. The Morgan fingerprint density at radius 2 is 2.25 bits per heavy atom. The Bertz CT molecular complexity index is 474. The fraction of sp³-hybridized carbons (Fsp3) is 0.500. The van der Waals surface area contributed by atoms with E-state index in [9.17, 15) is 14.4 Å². The van der Waals surface area contributed by atoms with Crippen molar-refractivity contribution in [3.63, 3.8) is 0 Å². The van der Waals surface area contributed by atoms with E-state index in [4.69, 9.17) is 10.8 Å². The van der Waals surface area contributed by atoms with Crippen molar-refractivity contribution >= 4 is 17.9 Å². The Hall–Kier alpha value is -2.65. The molecule has 3 amide bonds. The molecule has 110 valence electrons. The Balaban J connectivity index is 2.52. The quantitative estimate of drug-likeness (QED) is 0.486. The van der Waals surface area contributed by atoms with Gasteiger partial charge in [-0.3, -0.25) is 9.89 Å². The minimum atomic E-state index is -1.23. The zero-order chi connectivity index (χ0) is 15.1. The number of nitrogens with two attached hydrogens (primary N) is 1. The van der Waals surface area contributed by atoms with Crippen LogP contribution in [0.25, 0.3) is 0 Å². The summed E-state index contributed by atoms with van der Waals surface area (Å²) in [5.74, 6) is -1.39. The highest BCUT2D eigenvalue weighted by atomic mass is 16.4. The van der Waals surface area contributed by atoms with Gasteiger partial charge in [0.15, 0.2) is 0 Å². The van der Waals surface area contributed by atoms with Gasteiger partial charge in [0.05, 0.1) is 6.54 Å².